The molecule has 1 aliphatic heterocycles. The summed E-state index contributed by atoms with van der Waals surface area (Å²) in [6.45, 7) is 0.888. The second-order valence-corrected chi connectivity index (χ2v) is 2.62. The summed E-state index contributed by atoms with van der Waals surface area (Å²) in [5.74, 6) is -0.109. The van der Waals surface area contributed by atoms with Gasteiger partial charge in [0.1, 0.15) is 0 Å². The molecule has 0 aromatic heterocycles. The molecule has 5 heteroatoms. The van der Waals surface area contributed by atoms with Crippen LogP contribution in [-0.4, -0.2) is 18.4 Å². The second kappa shape index (κ2) is 6.45. The maximum Gasteiger partial charge on any atom is 0.219 e. The number of carbonyl (C=O) groups excluding carboxylic acids is 1. The number of hydrogen-bond acceptors (Lipinski definition) is 2. The highest BCUT2D eigenvalue weighted by molar-refractivity contribution is 5.75. The summed E-state index contributed by atoms with van der Waals surface area (Å²) >= 11 is 0. The third-order valence-corrected chi connectivity index (χ3v) is 1.40. The molecule has 1 rings (SSSR count). The lowest BCUT2D eigenvalue weighted by Crippen LogP contribution is -2.21. The third-order valence-electron chi connectivity index (χ3n) is 1.40. The van der Waals surface area contributed by atoms with Crippen molar-refractivity contribution in [2.75, 3.05) is 6.54 Å². The zero-order chi connectivity index (χ0) is 9.40. The van der Waals surface area contributed by atoms with Crippen LogP contribution in [0.1, 0.15) is 25.7 Å². The van der Waals surface area contributed by atoms with Gasteiger partial charge in [-0.15, -0.1) is 0 Å². The van der Waals surface area contributed by atoms with Gasteiger partial charge in [-0.1, -0.05) is 6.42 Å². The Morgan fingerprint density at radius 2 is 1.92 bits per heavy atom. The first-order valence-corrected chi connectivity index (χ1v) is 3.99. The molecule has 0 aromatic carbocycles. The van der Waals surface area contributed by atoms with Crippen LogP contribution >= 0.6 is 0 Å². The summed E-state index contributed by atoms with van der Waals surface area (Å²) in [6.07, 6.45) is 4.18. The van der Waals surface area contributed by atoms with Crippen molar-refractivity contribution in [1.29, 1.82) is 5.41 Å². The van der Waals surface area contributed by atoms with Crippen LogP contribution in [0.2, 0.25) is 0 Å². The van der Waals surface area contributed by atoms with Crippen molar-refractivity contribution in [2.24, 2.45) is 11.5 Å². The fraction of sp³-hybridized carbons (Fsp3) is 0.714. The molecule has 5 nitrogen and oxygen atoms in total. The summed E-state index contributed by atoms with van der Waals surface area (Å²) in [7, 11) is 0. The Balaban J connectivity index is 0.000000261. The summed E-state index contributed by atoms with van der Waals surface area (Å²) in [4.78, 5) is 10.6. The van der Waals surface area contributed by atoms with Crippen molar-refractivity contribution in [1.82, 2.24) is 5.32 Å². The SMILES string of the molecule is N=C(N)N.O=C1CCCCCN1. The number of amides is 1. The van der Waals surface area contributed by atoms with Gasteiger partial charge >= 0.3 is 0 Å². The van der Waals surface area contributed by atoms with Crippen LogP contribution < -0.4 is 16.8 Å². The molecule has 0 spiro atoms. The van der Waals surface area contributed by atoms with Crippen LogP contribution in [0, 0.1) is 5.41 Å². The van der Waals surface area contributed by atoms with Crippen LogP contribution in [0.4, 0.5) is 0 Å². The number of carbonyl (C=O) groups is 1. The van der Waals surface area contributed by atoms with E-state index in [1.54, 1.807) is 0 Å². The van der Waals surface area contributed by atoms with Gasteiger partial charge in [0.15, 0.2) is 5.96 Å². The normalized spacial score (nSPS) is 16.5. The molecule has 1 amide bonds. The lowest BCUT2D eigenvalue weighted by molar-refractivity contribution is -0.120. The number of guanidine groups is 1. The molecule has 12 heavy (non-hydrogen) atoms. The van der Waals surface area contributed by atoms with Gasteiger partial charge in [-0.25, -0.2) is 0 Å². The number of hydrogen-bond donors (Lipinski definition) is 4. The molecule has 1 fully saturated rings. The van der Waals surface area contributed by atoms with E-state index in [2.05, 4.69) is 16.8 Å². The van der Waals surface area contributed by atoms with E-state index in [1.165, 1.54) is 6.42 Å². The molecule has 6 N–H and O–H groups in total. The van der Waals surface area contributed by atoms with E-state index in [0.717, 1.165) is 25.8 Å². The van der Waals surface area contributed by atoms with Crippen LogP contribution in [0.15, 0.2) is 0 Å². The van der Waals surface area contributed by atoms with Crippen molar-refractivity contribution >= 4 is 11.9 Å². The predicted molar refractivity (Wildman–Crippen MR) is 47.6 cm³/mol. The average Bonchev–Trinajstić information content (AvgIpc) is 2.14. The Labute approximate surface area is 72.0 Å². The van der Waals surface area contributed by atoms with E-state index in [1.807, 2.05) is 0 Å². The molecule has 70 valence electrons. The molecule has 1 aliphatic rings. The third kappa shape index (κ3) is 8.74. The molecule has 0 bridgehead atoms. The zero-order valence-electron chi connectivity index (χ0n) is 7.10. The molecule has 0 atom stereocenters. The Bertz CT molecular complexity index is 143. The minimum atomic E-state index is -0.333. The lowest BCUT2D eigenvalue weighted by Gasteiger charge is -1.93. The standard InChI is InChI=1S/C6H11NO.CH5N3/c8-6-4-2-1-3-5-7-6;2-1(3)4/h1-5H2,(H,7,8);(H5,2,3,4). The van der Waals surface area contributed by atoms with E-state index < -0.39 is 0 Å². The molecule has 0 unspecified atom stereocenters. The number of nitrogens with two attached hydrogens (primary N) is 2. The molecule has 1 heterocycles. The maximum absolute atomic E-state index is 10.6. The van der Waals surface area contributed by atoms with Gasteiger partial charge in [-0.2, -0.15) is 0 Å². The van der Waals surface area contributed by atoms with E-state index in [9.17, 15) is 4.79 Å². The average molecular weight is 172 g/mol. The van der Waals surface area contributed by atoms with Gasteiger partial charge in [-0.3, -0.25) is 10.2 Å². The van der Waals surface area contributed by atoms with Gasteiger partial charge in [0.2, 0.25) is 5.91 Å². The first-order chi connectivity index (χ1) is 5.63. The lowest BCUT2D eigenvalue weighted by atomic mass is 10.2. The highest BCUT2D eigenvalue weighted by Gasteiger charge is 2.03. The van der Waals surface area contributed by atoms with Crippen molar-refractivity contribution in [3.8, 4) is 0 Å². The molecule has 0 radical (unpaired) electrons. The Kier molecular flexibility index (Phi) is 5.77. The molecule has 0 aromatic rings. The predicted octanol–water partition coefficient (Wildman–Crippen LogP) is -0.485. The summed E-state index contributed by atoms with van der Waals surface area (Å²) in [6, 6.07) is 0. The summed E-state index contributed by atoms with van der Waals surface area (Å²) < 4.78 is 0. The van der Waals surface area contributed by atoms with Crippen molar-refractivity contribution in [2.45, 2.75) is 25.7 Å². The van der Waals surface area contributed by atoms with Gasteiger partial charge < -0.3 is 16.8 Å². The van der Waals surface area contributed by atoms with Crippen LogP contribution in [0.5, 0.6) is 0 Å². The highest BCUT2D eigenvalue weighted by atomic mass is 16.1. The monoisotopic (exact) mass is 172 g/mol. The summed E-state index contributed by atoms with van der Waals surface area (Å²) in [5, 5.41) is 8.86. The first-order valence-electron chi connectivity index (χ1n) is 3.99. The molecular formula is C7H16N4O. The molecule has 0 aliphatic carbocycles. The van der Waals surface area contributed by atoms with Crippen molar-refractivity contribution in [3.05, 3.63) is 0 Å². The summed E-state index contributed by atoms with van der Waals surface area (Å²) in [5.41, 5.74) is 8.94. The quantitative estimate of drug-likeness (QED) is 0.293. The Morgan fingerprint density at radius 3 is 2.50 bits per heavy atom. The van der Waals surface area contributed by atoms with Crippen LogP contribution in [0.3, 0.4) is 0 Å². The van der Waals surface area contributed by atoms with Gasteiger partial charge in [0.25, 0.3) is 0 Å². The molecule has 0 saturated carbocycles. The van der Waals surface area contributed by atoms with E-state index in [0.29, 0.717) is 0 Å². The topological polar surface area (TPSA) is 105 Å². The second-order valence-electron chi connectivity index (χ2n) is 2.62. The van der Waals surface area contributed by atoms with Crippen molar-refractivity contribution < 1.29 is 4.79 Å². The maximum atomic E-state index is 10.6. The fourth-order valence-electron chi connectivity index (χ4n) is 0.904. The molecule has 1 saturated heterocycles. The first kappa shape index (κ1) is 10.7. The van der Waals surface area contributed by atoms with Crippen LogP contribution in [-0.2, 0) is 4.79 Å². The van der Waals surface area contributed by atoms with Gasteiger partial charge in [0.05, 0.1) is 0 Å². The minimum absolute atomic E-state index is 0.225. The Morgan fingerprint density at radius 1 is 1.33 bits per heavy atom. The number of rotatable bonds is 0. The van der Waals surface area contributed by atoms with E-state index in [-0.39, 0.29) is 11.9 Å². The van der Waals surface area contributed by atoms with Crippen LogP contribution in [0.25, 0.3) is 0 Å². The minimum Gasteiger partial charge on any atom is -0.370 e. The van der Waals surface area contributed by atoms with E-state index >= 15 is 0 Å². The van der Waals surface area contributed by atoms with Gasteiger partial charge in [0, 0.05) is 13.0 Å². The Hall–Kier alpha value is -1.26. The fourth-order valence-corrected chi connectivity index (χ4v) is 0.904. The van der Waals surface area contributed by atoms with Crippen molar-refractivity contribution in [3.63, 3.8) is 0 Å². The largest absolute Gasteiger partial charge is 0.370 e. The molecular weight excluding hydrogens is 156 g/mol. The van der Waals surface area contributed by atoms with E-state index in [4.69, 9.17) is 5.41 Å². The smallest absolute Gasteiger partial charge is 0.219 e. The zero-order valence-corrected chi connectivity index (χ0v) is 7.10. The van der Waals surface area contributed by atoms with Gasteiger partial charge in [-0.05, 0) is 12.8 Å². The highest BCUT2D eigenvalue weighted by Crippen LogP contribution is 2.02. The number of nitrogens with one attached hydrogen (secondary N) is 2.